The van der Waals surface area contributed by atoms with E-state index < -0.39 is 0 Å². The number of alkyl halides is 1. The summed E-state index contributed by atoms with van der Waals surface area (Å²) in [5.41, 5.74) is 3.48. The maximum absolute atomic E-state index is 13.0. The van der Waals surface area contributed by atoms with Gasteiger partial charge in [0.1, 0.15) is 5.82 Å². The van der Waals surface area contributed by atoms with Crippen LogP contribution in [0.15, 0.2) is 30.3 Å². The number of hydrogen-bond donors (Lipinski definition) is 0. The third kappa shape index (κ3) is 3.44. The first kappa shape index (κ1) is 14.3. The lowest BCUT2D eigenvalue weighted by molar-refractivity contribution is 0.623. The van der Waals surface area contributed by atoms with Crippen molar-refractivity contribution in [2.24, 2.45) is 7.05 Å². The Hall–Kier alpha value is -1.16. The molecule has 0 radical (unpaired) electrons. The largest absolute Gasteiger partial charge is 0.272 e. The van der Waals surface area contributed by atoms with Crippen LogP contribution in [-0.2, 0) is 19.9 Å². The number of hydrogen-bond acceptors (Lipinski definition) is 1. The summed E-state index contributed by atoms with van der Waals surface area (Å²) in [6.45, 7) is 2.11. The minimum Gasteiger partial charge on any atom is -0.272 e. The highest BCUT2D eigenvalue weighted by Crippen LogP contribution is 2.23. The fourth-order valence-electron chi connectivity index (χ4n) is 2.18. The summed E-state index contributed by atoms with van der Waals surface area (Å²) < 4.78 is 14.9. The standard InChI is InChI=1S/C15H18BrFN2/c1-3-14-9-15(19(2)18-14)8-12(10-16)11-4-6-13(17)7-5-11/h4-7,9,12H,3,8,10H2,1-2H3. The fraction of sp³-hybridized carbons (Fsp3) is 0.400. The molecule has 4 heteroatoms. The second-order valence-electron chi connectivity index (χ2n) is 4.71. The summed E-state index contributed by atoms with van der Waals surface area (Å²) in [4.78, 5) is 0. The van der Waals surface area contributed by atoms with Gasteiger partial charge in [0.2, 0.25) is 0 Å². The van der Waals surface area contributed by atoms with E-state index >= 15 is 0 Å². The molecular formula is C15H18BrFN2. The van der Waals surface area contributed by atoms with E-state index in [-0.39, 0.29) is 5.82 Å². The molecule has 1 unspecified atom stereocenters. The Kier molecular flexibility index (Phi) is 4.75. The summed E-state index contributed by atoms with van der Waals surface area (Å²) >= 11 is 3.55. The minimum atomic E-state index is -0.189. The molecule has 0 saturated carbocycles. The molecule has 0 spiro atoms. The van der Waals surface area contributed by atoms with Crippen LogP contribution < -0.4 is 0 Å². The third-order valence-corrected chi connectivity index (χ3v) is 4.15. The molecule has 0 bridgehead atoms. The molecule has 2 rings (SSSR count). The van der Waals surface area contributed by atoms with Crippen molar-refractivity contribution in [1.82, 2.24) is 9.78 Å². The Morgan fingerprint density at radius 2 is 2.00 bits per heavy atom. The highest BCUT2D eigenvalue weighted by Gasteiger charge is 2.14. The Balaban J connectivity index is 2.18. The number of halogens is 2. The summed E-state index contributed by atoms with van der Waals surface area (Å²) in [6.07, 6.45) is 1.85. The molecule has 19 heavy (non-hydrogen) atoms. The molecule has 2 aromatic rings. The van der Waals surface area contributed by atoms with E-state index in [0.717, 1.165) is 29.4 Å². The van der Waals surface area contributed by atoms with Crippen molar-refractivity contribution in [1.29, 1.82) is 0 Å². The van der Waals surface area contributed by atoms with Crippen molar-refractivity contribution in [2.75, 3.05) is 5.33 Å². The van der Waals surface area contributed by atoms with Crippen LogP contribution in [0.5, 0.6) is 0 Å². The monoisotopic (exact) mass is 324 g/mol. The van der Waals surface area contributed by atoms with Gasteiger partial charge < -0.3 is 0 Å². The highest BCUT2D eigenvalue weighted by molar-refractivity contribution is 9.09. The average Bonchev–Trinajstić information content (AvgIpc) is 2.78. The molecule has 2 nitrogen and oxygen atoms in total. The van der Waals surface area contributed by atoms with E-state index in [1.807, 2.05) is 23.9 Å². The fourth-order valence-corrected chi connectivity index (χ4v) is 2.79. The highest BCUT2D eigenvalue weighted by atomic mass is 79.9. The molecule has 1 atom stereocenters. The Morgan fingerprint density at radius 1 is 1.32 bits per heavy atom. The van der Waals surface area contributed by atoms with Crippen LogP contribution in [0.25, 0.3) is 0 Å². The molecule has 0 amide bonds. The van der Waals surface area contributed by atoms with Crippen molar-refractivity contribution in [3.8, 4) is 0 Å². The minimum absolute atomic E-state index is 0.189. The van der Waals surface area contributed by atoms with Gasteiger partial charge in [0.15, 0.2) is 0 Å². The second kappa shape index (κ2) is 6.33. The summed E-state index contributed by atoms with van der Waals surface area (Å²) in [5, 5.41) is 5.32. The Morgan fingerprint density at radius 3 is 2.53 bits per heavy atom. The third-order valence-electron chi connectivity index (χ3n) is 3.37. The Labute approximate surface area is 121 Å². The Bertz CT molecular complexity index is 534. The van der Waals surface area contributed by atoms with Gasteiger partial charge in [-0.25, -0.2) is 4.39 Å². The van der Waals surface area contributed by atoms with Gasteiger partial charge in [-0.15, -0.1) is 0 Å². The first-order chi connectivity index (χ1) is 9.13. The van der Waals surface area contributed by atoms with Crippen LogP contribution in [0.1, 0.15) is 29.8 Å². The smallest absolute Gasteiger partial charge is 0.123 e. The summed E-state index contributed by atoms with van der Waals surface area (Å²) in [5.74, 6) is 0.145. The normalized spacial score (nSPS) is 12.6. The van der Waals surface area contributed by atoms with Crippen molar-refractivity contribution in [2.45, 2.75) is 25.7 Å². The van der Waals surface area contributed by atoms with Crippen molar-refractivity contribution in [3.63, 3.8) is 0 Å². The molecule has 0 saturated heterocycles. The maximum atomic E-state index is 13.0. The summed E-state index contributed by atoms with van der Waals surface area (Å²) in [7, 11) is 1.98. The maximum Gasteiger partial charge on any atom is 0.123 e. The first-order valence-corrected chi connectivity index (χ1v) is 7.59. The molecule has 102 valence electrons. The SMILES string of the molecule is CCc1cc(CC(CBr)c2ccc(F)cc2)n(C)n1. The van der Waals surface area contributed by atoms with E-state index in [4.69, 9.17) is 0 Å². The van der Waals surface area contributed by atoms with E-state index in [1.54, 1.807) is 0 Å². The molecular weight excluding hydrogens is 307 g/mol. The van der Waals surface area contributed by atoms with Crippen LogP contribution in [0, 0.1) is 5.82 Å². The van der Waals surface area contributed by atoms with Gasteiger partial charge in [-0.05, 0) is 42.5 Å². The van der Waals surface area contributed by atoms with Crippen molar-refractivity contribution in [3.05, 3.63) is 53.1 Å². The van der Waals surface area contributed by atoms with Gasteiger partial charge in [0.05, 0.1) is 5.69 Å². The molecule has 0 N–H and O–H groups in total. The van der Waals surface area contributed by atoms with Gasteiger partial charge >= 0.3 is 0 Å². The van der Waals surface area contributed by atoms with Crippen molar-refractivity contribution >= 4 is 15.9 Å². The molecule has 0 aliphatic heterocycles. The lowest BCUT2D eigenvalue weighted by Gasteiger charge is -2.14. The molecule has 1 aromatic heterocycles. The van der Waals surface area contributed by atoms with Gasteiger partial charge in [-0.2, -0.15) is 5.10 Å². The zero-order valence-corrected chi connectivity index (χ0v) is 12.8. The van der Waals surface area contributed by atoms with Crippen LogP contribution in [0.3, 0.4) is 0 Å². The van der Waals surface area contributed by atoms with E-state index in [0.29, 0.717) is 5.92 Å². The van der Waals surface area contributed by atoms with E-state index in [2.05, 4.69) is 34.0 Å². The van der Waals surface area contributed by atoms with Gasteiger partial charge in [0.25, 0.3) is 0 Å². The zero-order valence-electron chi connectivity index (χ0n) is 11.2. The van der Waals surface area contributed by atoms with Crippen LogP contribution in [-0.4, -0.2) is 15.1 Å². The number of aromatic nitrogens is 2. The molecule has 1 aromatic carbocycles. The van der Waals surface area contributed by atoms with Gasteiger partial charge in [-0.3, -0.25) is 4.68 Å². The van der Waals surface area contributed by atoms with E-state index in [1.165, 1.54) is 17.8 Å². The lowest BCUT2D eigenvalue weighted by atomic mass is 9.96. The van der Waals surface area contributed by atoms with Crippen molar-refractivity contribution < 1.29 is 4.39 Å². The molecule has 0 aliphatic carbocycles. The van der Waals surface area contributed by atoms with Crippen LogP contribution in [0.2, 0.25) is 0 Å². The molecule has 0 aliphatic rings. The quantitative estimate of drug-likeness (QED) is 0.764. The second-order valence-corrected chi connectivity index (χ2v) is 5.36. The number of benzene rings is 1. The predicted octanol–water partition coefficient (Wildman–Crippen LogP) is 3.84. The number of nitrogens with zero attached hydrogens (tertiary/aromatic N) is 2. The molecule has 1 heterocycles. The molecule has 0 fully saturated rings. The zero-order chi connectivity index (χ0) is 13.8. The number of aryl methyl sites for hydroxylation is 2. The van der Waals surface area contributed by atoms with Crippen LogP contribution >= 0.6 is 15.9 Å². The summed E-state index contributed by atoms with van der Waals surface area (Å²) in [6, 6.07) is 8.91. The number of rotatable bonds is 5. The van der Waals surface area contributed by atoms with Gasteiger partial charge in [-0.1, -0.05) is 35.0 Å². The van der Waals surface area contributed by atoms with E-state index in [9.17, 15) is 4.39 Å². The topological polar surface area (TPSA) is 17.8 Å². The first-order valence-electron chi connectivity index (χ1n) is 6.47. The van der Waals surface area contributed by atoms with Crippen LogP contribution in [0.4, 0.5) is 4.39 Å². The lowest BCUT2D eigenvalue weighted by Crippen LogP contribution is -2.08. The van der Waals surface area contributed by atoms with Gasteiger partial charge in [0, 0.05) is 18.1 Å². The average molecular weight is 325 g/mol. The predicted molar refractivity (Wildman–Crippen MR) is 79.2 cm³/mol.